The van der Waals surface area contributed by atoms with E-state index in [9.17, 15) is 9.59 Å². The first kappa shape index (κ1) is 9.20. The maximum atomic E-state index is 10.9. The zero-order chi connectivity index (χ0) is 10.8. The van der Waals surface area contributed by atoms with E-state index in [0.29, 0.717) is 16.7 Å². The van der Waals surface area contributed by atoms with Crippen LogP contribution >= 0.6 is 0 Å². The van der Waals surface area contributed by atoms with Gasteiger partial charge in [-0.15, -0.1) is 0 Å². The van der Waals surface area contributed by atoms with Gasteiger partial charge in [-0.05, 0) is 17.7 Å². The van der Waals surface area contributed by atoms with Crippen LogP contribution in [0.4, 0.5) is 0 Å². The highest BCUT2D eigenvalue weighted by atomic mass is 16.4. The van der Waals surface area contributed by atoms with Gasteiger partial charge in [0.1, 0.15) is 0 Å². The van der Waals surface area contributed by atoms with Crippen molar-refractivity contribution in [2.75, 3.05) is 0 Å². The first-order valence-electron chi connectivity index (χ1n) is 4.14. The zero-order valence-electron chi connectivity index (χ0n) is 7.52. The van der Waals surface area contributed by atoms with Crippen molar-refractivity contribution in [3.63, 3.8) is 0 Å². The molecule has 0 spiro atoms. The summed E-state index contributed by atoms with van der Waals surface area (Å²) in [4.78, 5) is 30.1. The molecule has 2 heterocycles. The number of imidazole rings is 1. The molecule has 15 heavy (non-hydrogen) atoms. The Bertz CT molecular complexity index is 594. The fourth-order valence-electron chi connectivity index (χ4n) is 1.20. The average Bonchev–Trinajstić information content (AvgIpc) is 2.53. The van der Waals surface area contributed by atoms with Gasteiger partial charge in [-0.3, -0.25) is 4.98 Å². The lowest BCUT2D eigenvalue weighted by Crippen LogP contribution is -1.99. The molecule has 2 aromatic rings. The second kappa shape index (κ2) is 3.41. The Morgan fingerprint density at radius 2 is 2.27 bits per heavy atom. The summed E-state index contributed by atoms with van der Waals surface area (Å²) in [5, 5.41) is 8.42. The van der Waals surface area contributed by atoms with Gasteiger partial charge >= 0.3 is 11.7 Å². The predicted molar refractivity (Wildman–Crippen MR) is 53.4 cm³/mol. The highest BCUT2D eigenvalue weighted by Gasteiger charge is 1.99. The molecular formula is C9H7N3O3. The minimum absolute atomic E-state index is 0.336. The van der Waals surface area contributed by atoms with Gasteiger partial charge in [0.25, 0.3) is 0 Å². The number of carbonyl (C=O) groups is 1. The van der Waals surface area contributed by atoms with Crippen LogP contribution in [0.1, 0.15) is 5.56 Å². The maximum absolute atomic E-state index is 10.9. The van der Waals surface area contributed by atoms with E-state index >= 15 is 0 Å². The maximum Gasteiger partial charge on any atom is 0.328 e. The number of carboxylic acid groups (broad SMARTS) is 1. The Morgan fingerprint density at radius 1 is 1.47 bits per heavy atom. The summed E-state index contributed by atoms with van der Waals surface area (Å²) in [7, 11) is 0. The van der Waals surface area contributed by atoms with Gasteiger partial charge in [0.05, 0.1) is 5.52 Å². The average molecular weight is 205 g/mol. The van der Waals surface area contributed by atoms with Crippen molar-refractivity contribution < 1.29 is 9.90 Å². The number of aromatic amines is 2. The van der Waals surface area contributed by atoms with Crippen molar-refractivity contribution in [1.82, 2.24) is 15.0 Å². The van der Waals surface area contributed by atoms with Crippen molar-refractivity contribution in [2.45, 2.75) is 0 Å². The van der Waals surface area contributed by atoms with Gasteiger partial charge in [0.15, 0.2) is 5.65 Å². The molecule has 2 aromatic heterocycles. The normalized spacial score (nSPS) is 11.2. The smallest absolute Gasteiger partial charge is 0.328 e. The lowest BCUT2D eigenvalue weighted by Gasteiger charge is -1.91. The molecule has 0 radical (unpaired) electrons. The largest absolute Gasteiger partial charge is 0.478 e. The quantitative estimate of drug-likeness (QED) is 0.616. The van der Waals surface area contributed by atoms with Crippen molar-refractivity contribution in [1.29, 1.82) is 0 Å². The minimum Gasteiger partial charge on any atom is -0.478 e. The van der Waals surface area contributed by atoms with Crippen LogP contribution in [0.15, 0.2) is 23.1 Å². The zero-order valence-corrected chi connectivity index (χ0v) is 7.52. The van der Waals surface area contributed by atoms with Crippen LogP contribution in [0.25, 0.3) is 17.2 Å². The summed E-state index contributed by atoms with van der Waals surface area (Å²) < 4.78 is 0. The number of hydrogen-bond donors (Lipinski definition) is 3. The number of pyridine rings is 1. The first-order chi connectivity index (χ1) is 7.15. The first-order valence-corrected chi connectivity index (χ1v) is 4.14. The Balaban J connectivity index is 2.46. The number of hydrogen-bond acceptors (Lipinski definition) is 3. The number of aliphatic carboxylic acids is 1. The van der Waals surface area contributed by atoms with Gasteiger partial charge in [-0.1, -0.05) is 0 Å². The second-order valence-corrected chi connectivity index (χ2v) is 2.92. The number of H-pyrrole nitrogens is 2. The van der Waals surface area contributed by atoms with Crippen molar-refractivity contribution >= 4 is 23.2 Å². The van der Waals surface area contributed by atoms with Crippen LogP contribution in [-0.2, 0) is 4.79 Å². The van der Waals surface area contributed by atoms with Crippen LogP contribution in [0.2, 0.25) is 0 Å². The standard InChI is InChI=1S/C9H7N3O3/c13-7(14)2-1-5-3-6-8(10-4-5)12-9(15)11-6/h1-4H,(H,13,14)(H2,10,11,12,15). The van der Waals surface area contributed by atoms with E-state index in [1.54, 1.807) is 6.07 Å². The van der Waals surface area contributed by atoms with Gasteiger partial charge in [0.2, 0.25) is 0 Å². The molecule has 0 aliphatic rings. The van der Waals surface area contributed by atoms with Gasteiger partial charge in [0, 0.05) is 12.3 Å². The monoisotopic (exact) mass is 205 g/mol. The predicted octanol–water partition coefficient (Wildman–Crippen LogP) is 0.349. The molecule has 0 unspecified atom stereocenters. The Labute approximate surface area is 83.3 Å². The van der Waals surface area contributed by atoms with Crippen LogP contribution in [-0.4, -0.2) is 26.0 Å². The van der Waals surface area contributed by atoms with E-state index in [4.69, 9.17) is 5.11 Å². The summed E-state index contributed by atoms with van der Waals surface area (Å²) in [6, 6.07) is 1.64. The molecule has 0 aliphatic heterocycles. The fourth-order valence-corrected chi connectivity index (χ4v) is 1.20. The minimum atomic E-state index is -1.03. The Kier molecular flexibility index (Phi) is 2.09. The molecule has 0 aromatic carbocycles. The van der Waals surface area contributed by atoms with Gasteiger partial charge < -0.3 is 10.1 Å². The summed E-state index contributed by atoms with van der Waals surface area (Å²) in [5.74, 6) is -1.03. The number of nitrogens with zero attached hydrogens (tertiary/aromatic N) is 1. The molecule has 0 amide bonds. The fraction of sp³-hybridized carbons (Fsp3) is 0. The number of nitrogens with one attached hydrogen (secondary N) is 2. The topological polar surface area (TPSA) is 98.8 Å². The summed E-state index contributed by atoms with van der Waals surface area (Å²) in [6.07, 6.45) is 3.89. The third-order valence-electron chi connectivity index (χ3n) is 1.81. The molecule has 0 aliphatic carbocycles. The molecule has 0 atom stereocenters. The number of rotatable bonds is 2. The van der Waals surface area contributed by atoms with Crippen molar-refractivity contribution in [3.8, 4) is 0 Å². The van der Waals surface area contributed by atoms with E-state index in [1.165, 1.54) is 12.3 Å². The Hall–Kier alpha value is -2.37. The second-order valence-electron chi connectivity index (χ2n) is 2.92. The third-order valence-corrected chi connectivity index (χ3v) is 1.81. The third kappa shape index (κ3) is 1.93. The lowest BCUT2D eigenvalue weighted by atomic mass is 10.2. The summed E-state index contributed by atoms with van der Waals surface area (Å²) >= 11 is 0. The highest BCUT2D eigenvalue weighted by molar-refractivity contribution is 5.86. The van der Waals surface area contributed by atoms with Gasteiger partial charge in [-0.25, -0.2) is 14.6 Å². The van der Waals surface area contributed by atoms with E-state index < -0.39 is 5.97 Å². The summed E-state index contributed by atoms with van der Waals surface area (Å²) in [6.45, 7) is 0. The molecule has 6 heteroatoms. The molecule has 6 nitrogen and oxygen atoms in total. The summed E-state index contributed by atoms with van der Waals surface area (Å²) in [5.41, 5.74) is 1.28. The molecule has 76 valence electrons. The SMILES string of the molecule is O=C(O)C=Cc1cnc2[nH]c(=O)[nH]c2c1. The van der Waals surface area contributed by atoms with E-state index in [-0.39, 0.29) is 5.69 Å². The number of carboxylic acids is 1. The molecule has 0 saturated heterocycles. The van der Waals surface area contributed by atoms with Crippen LogP contribution in [0, 0.1) is 0 Å². The van der Waals surface area contributed by atoms with Crippen LogP contribution in [0.5, 0.6) is 0 Å². The van der Waals surface area contributed by atoms with Crippen molar-refractivity contribution in [2.24, 2.45) is 0 Å². The van der Waals surface area contributed by atoms with E-state index in [2.05, 4.69) is 15.0 Å². The molecule has 2 rings (SSSR count). The van der Waals surface area contributed by atoms with E-state index in [0.717, 1.165) is 6.08 Å². The van der Waals surface area contributed by atoms with Crippen LogP contribution < -0.4 is 5.69 Å². The molecule has 0 saturated carbocycles. The molecule has 0 fully saturated rings. The van der Waals surface area contributed by atoms with E-state index in [1.807, 2.05) is 0 Å². The molecule has 3 N–H and O–H groups in total. The van der Waals surface area contributed by atoms with Gasteiger partial charge in [-0.2, -0.15) is 0 Å². The highest BCUT2D eigenvalue weighted by Crippen LogP contribution is 2.07. The Morgan fingerprint density at radius 3 is 3.00 bits per heavy atom. The van der Waals surface area contributed by atoms with Crippen LogP contribution in [0.3, 0.4) is 0 Å². The van der Waals surface area contributed by atoms with Crippen molar-refractivity contribution in [3.05, 3.63) is 34.4 Å². The number of aromatic nitrogens is 3. The molecular weight excluding hydrogens is 198 g/mol. The molecule has 0 bridgehead atoms. The lowest BCUT2D eigenvalue weighted by molar-refractivity contribution is -0.131. The number of fused-ring (bicyclic) bond motifs is 1.